The third-order valence-corrected chi connectivity index (χ3v) is 3.76. The summed E-state index contributed by atoms with van der Waals surface area (Å²) in [5.41, 5.74) is 0. The van der Waals surface area contributed by atoms with Gasteiger partial charge in [-0.15, -0.1) is 0 Å². The number of carbonyl (C=O) groups excluding carboxylic acids is 4. The minimum absolute atomic E-state index is 0.879. The van der Waals surface area contributed by atoms with Gasteiger partial charge in [-0.3, -0.25) is 19.2 Å². The van der Waals surface area contributed by atoms with E-state index in [4.69, 9.17) is 21.0 Å². The maximum atomic E-state index is 11.5. The monoisotopic (exact) mass is 364 g/mol. The average Bonchev–Trinajstić information content (AvgIpc) is 2.47. The third kappa shape index (κ3) is 8.31. The highest BCUT2D eigenvalue weighted by Crippen LogP contribution is 2.17. The van der Waals surface area contributed by atoms with Gasteiger partial charge in [0.15, 0.2) is 0 Å². The number of carbonyl (C=O) groups is 4. The van der Waals surface area contributed by atoms with Crippen LogP contribution in [-0.4, -0.2) is 32.9 Å². The predicted octanol–water partition coefficient (Wildman–Crippen LogP) is -0.750. The summed E-state index contributed by atoms with van der Waals surface area (Å²) in [6.07, 6.45) is -3.52. The summed E-state index contributed by atoms with van der Waals surface area (Å²) in [5, 5.41) is 33.8. The normalized spacial score (nSPS) is 9.12. The molecule has 0 aliphatic rings. The van der Waals surface area contributed by atoms with E-state index in [1.807, 2.05) is 0 Å². The van der Waals surface area contributed by atoms with Crippen LogP contribution in [0.3, 0.4) is 0 Å². The maximum absolute atomic E-state index is 11.5. The van der Waals surface area contributed by atoms with Crippen LogP contribution in [0.15, 0.2) is 0 Å². The van der Waals surface area contributed by atoms with Crippen LogP contribution >= 0.6 is 0 Å². The molecule has 0 aromatic rings. The summed E-state index contributed by atoms with van der Waals surface area (Å²) in [4.78, 5) is 46.0. The Labute approximate surface area is 141 Å². The van der Waals surface area contributed by atoms with E-state index in [9.17, 15) is 19.2 Å². The van der Waals surface area contributed by atoms with Crippen molar-refractivity contribution >= 4 is 32.9 Å². The van der Waals surface area contributed by atoms with Crippen LogP contribution in [0.1, 0.15) is 25.7 Å². The van der Waals surface area contributed by atoms with Crippen LogP contribution in [0.25, 0.3) is 0 Å². The molecule has 0 N–H and O–H groups in total. The van der Waals surface area contributed by atoms with E-state index in [1.165, 1.54) is 24.3 Å². The van der Waals surface area contributed by atoms with Gasteiger partial charge in [-0.2, -0.15) is 21.0 Å². The molecule has 0 aliphatic carbocycles. The lowest BCUT2D eigenvalue weighted by molar-refractivity contribution is -0.161. The standard InChI is InChI=1S/C12H8N4O8Si/c13-5-1-9(17)21-25(22-10(18)2-6-14,23-11(19)3-7-15)24-12(20)4-8-16/h1-4H2. The first-order chi connectivity index (χ1) is 11.8. The Morgan fingerprint density at radius 2 is 0.760 bits per heavy atom. The van der Waals surface area contributed by atoms with Gasteiger partial charge >= 0.3 is 32.9 Å². The number of rotatable bonds is 8. The SMILES string of the molecule is N#CCC(=O)O[Si](OC(=O)CC#N)(OC(=O)CC#N)OC(=O)CC#N. The van der Waals surface area contributed by atoms with E-state index in [1.54, 1.807) is 0 Å². The highest BCUT2D eigenvalue weighted by Gasteiger charge is 2.63. The predicted molar refractivity (Wildman–Crippen MR) is 71.0 cm³/mol. The van der Waals surface area contributed by atoms with Crippen molar-refractivity contribution < 1.29 is 36.9 Å². The van der Waals surface area contributed by atoms with Gasteiger partial charge in [0.1, 0.15) is 25.7 Å². The number of nitrogens with zero attached hydrogens (tertiary/aromatic N) is 4. The largest absolute Gasteiger partial charge is 0.974 e. The Morgan fingerprint density at radius 1 is 0.560 bits per heavy atom. The third-order valence-electron chi connectivity index (χ3n) is 1.85. The molecule has 0 saturated heterocycles. The first-order valence-corrected chi connectivity index (χ1v) is 7.81. The van der Waals surface area contributed by atoms with E-state index in [2.05, 4.69) is 17.7 Å². The van der Waals surface area contributed by atoms with Crippen molar-refractivity contribution in [2.45, 2.75) is 25.7 Å². The van der Waals surface area contributed by atoms with Crippen molar-refractivity contribution in [1.82, 2.24) is 0 Å². The molecule has 0 heterocycles. The molecular weight excluding hydrogens is 356 g/mol. The van der Waals surface area contributed by atoms with Gasteiger partial charge < -0.3 is 17.7 Å². The van der Waals surface area contributed by atoms with Crippen LogP contribution in [-0.2, 0) is 36.9 Å². The summed E-state index contributed by atoms with van der Waals surface area (Å²) in [6.45, 7) is 0. The summed E-state index contributed by atoms with van der Waals surface area (Å²) < 4.78 is 18.2. The molecule has 0 spiro atoms. The van der Waals surface area contributed by atoms with Crippen molar-refractivity contribution in [3.63, 3.8) is 0 Å². The molecule has 0 atom stereocenters. The van der Waals surface area contributed by atoms with Crippen molar-refractivity contribution in [1.29, 1.82) is 21.0 Å². The second kappa shape index (κ2) is 10.7. The van der Waals surface area contributed by atoms with E-state index >= 15 is 0 Å². The Hall–Kier alpha value is -3.94. The quantitative estimate of drug-likeness (QED) is 0.488. The molecule has 0 rings (SSSR count). The van der Waals surface area contributed by atoms with Crippen molar-refractivity contribution in [2.75, 3.05) is 0 Å². The Bertz CT molecular complexity index is 598. The Balaban J connectivity index is 5.73. The van der Waals surface area contributed by atoms with E-state index in [0.717, 1.165) is 0 Å². The lowest BCUT2D eigenvalue weighted by atomic mass is 10.5. The molecular formula is C12H8N4O8Si. The maximum Gasteiger partial charge on any atom is 0.974 e. The van der Waals surface area contributed by atoms with Crippen LogP contribution in [0.5, 0.6) is 0 Å². The second-order valence-corrected chi connectivity index (χ2v) is 5.55. The molecule has 0 fully saturated rings. The summed E-state index contributed by atoms with van der Waals surface area (Å²) in [5.74, 6) is -5.47. The van der Waals surface area contributed by atoms with E-state index in [-0.39, 0.29) is 0 Å². The molecule has 0 aromatic heterocycles. The number of nitriles is 4. The van der Waals surface area contributed by atoms with Gasteiger partial charge in [0, 0.05) is 0 Å². The summed E-state index contributed by atoms with van der Waals surface area (Å²) in [6, 6.07) is 5.58. The van der Waals surface area contributed by atoms with Crippen LogP contribution in [0, 0.1) is 45.3 Å². The zero-order valence-electron chi connectivity index (χ0n) is 12.4. The van der Waals surface area contributed by atoms with Gasteiger partial charge in [0.25, 0.3) is 0 Å². The zero-order valence-corrected chi connectivity index (χ0v) is 13.4. The van der Waals surface area contributed by atoms with Crippen LogP contribution in [0.2, 0.25) is 0 Å². The van der Waals surface area contributed by atoms with E-state index < -0.39 is 58.6 Å². The minimum Gasteiger partial charge on any atom is -0.422 e. The first kappa shape index (κ1) is 21.1. The smallest absolute Gasteiger partial charge is 0.422 e. The summed E-state index contributed by atoms with van der Waals surface area (Å²) in [7, 11) is -5.20. The summed E-state index contributed by atoms with van der Waals surface area (Å²) >= 11 is 0. The van der Waals surface area contributed by atoms with Gasteiger partial charge in [-0.25, -0.2) is 0 Å². The molecule has 25 heavy (non-hydrogen) atoms. The Morgan fingerprint density at radius 3 is 0.920 bits per heavy atom. The van der Waals surface area contributed by atoms with Gasteiger partial charge in [-0.1, -0.05) is 0 Å². The van der Waals surface area contributed by atoms with Crippen LogP contribution < -0.4 is 0 Å². The lowest BCUT2D eigenvalue weighted by Gasteiger charge is -2.23. The number of hydrogen-bond donors (Lipinski definition) is 0. The fourth-order valence-electron chi connectivity index (χ4n) is 1.09. The fourth-order valence-corrected chi connectivity index (χ4v) is 2.74. The first-order valence-electron chi connectivity index (χ1n) is 6.17. The molecule has 12 nitrogen and oxygen atoms in total. The lowest BCUT2D eigenvalue weighted by Crippen LogP contribution is -2.54. The molecule has 0 radical (unpaired) electrons. The number of hydrogen-bond acceptors (Lipinski definition) is 12. The molecule has 0 saturated carbocycles. The fraction of sp³-hybridized carbons (Fsp3) is 0.333. The zero-order chi connectivity index (χ0) is 19.3. The van der Waals surface area contributed by atoms with E-state index in [0.29, 0.717) is 0 Å². The second-order valence-electron chi connectivity index (χ2n) is 3.74. The molecule has 13 heteroatoms. The Kier molecular flexibility index (Phi) is 9.04. The highest BCUT2D eigenvalue weighted by atomic mass is 28.4. The van der Waals surface area contributed by atoms with Gasteiger partial charge in [0.2, 0.25) is 0 Å². The molecule has 0 aromatic carbocycles. The molecule has 0 unspecified atom stereocenters. The minimum atomic E-state index is -5.20. The molecule has 0 bridgehead atoms. The highest BCUT2D eigenvalue weighted by molar-refractivity contribution is 6.61. The van der Waals surface area contributed by atoms with Crippen molar-refractivity contribution in [2.24, 2.45) is 0 Å². The van der Waals surface area contributed by atoms with Crippen molar-refractivity contribution in [3.05, 3.63) is 0 Å². The molecule has 128 valence electrons. The topological polar surface area (TPSA) is 200 Å². The van der Waals surface area contributed by atoms with Gasteiger partial charge in [0.05, 0.1) is 24.3 Å². The van der Waals surface area contributed by atoms with Gasteiger partial charge in [-0.05, 0) is 0 Å². The molecule has 0 aliphatic heterocycles. The average molecular weight is 364 g/mol. The van der Waals surface area contributed by atoms with Crippen LogP contribution in [0.4, 0.5) is 0 Å². The van der Waals surface area contributed by atoms with Crippen molar-refractivity contribution in [3.8, 4) is 24.3 Å². The molecule has 0 amide bonds.